The second-order valence-electron chi connectivity index (χ2n) is 8.10. The summed E-state index contributed by atoms with van der Waals surface area (Å²) in [6.07, 6.45) is 6.11. The third-order valence-corrected chi connectivity index (χ3v) is 6.35. The van der Waals surface area contributed by atoms with Crippen LogP contribution in [0.5, 0.6) is 0 Å². The van der Waals surface area contributed by atoms with E-state index in [4.69, 9.17) is 0 Å². The summed E-state index contributed by atoms with van der Waals surface area (Å²) in [5, 5.41) is 3.20. The molecule has 0 bridgehead atoms. The van der Waals surface area contributed by atoms with Gasteiger partial charge in [-0.05, 0) is 44.1 Å². The van der Waals surface area contributed by atoms with E-state index in [2.05, 4.69) is 29.6 Å². The van der Waals surface area contributed by atoms with E-state index in [9.17, 15) is 9.59 Å². The number of carbonyl (C=O) groups excluding carboxylic acids is 2. The highest BCUT2D eigenvalue weighted by atomic mass is 16.2. The largest absolute Gasteiger partial charge is 0.355 e. The number of piperidine rings is 1. The standard InChI is InChI=1S/C21H29N3O2/c25-19(22-16-21(10-11-21)18-6-2-1-3-7-18)17-8-14-24(15-9-17)20(26)23-12-4-5-13-23/h1-3,6-7,17H,4-5,8-16H2,(H,22,25). The minimum absolute atomic E-state index is 0.0456. The molecular weight excluding hydrogens is 326 g/mol. The first-order valence-electron chi connectivity index (χ1n) is 10.1. The molecule has 4 rings (SSSR count). The van der Waals surface area contributed by atoms with Gasteiger partial charge in [-0.25, -0.2) is 4.79 Å². The van der Waals surface area contributed by atoms with E-state index >= 15 is 0 Å². The molecule has 5 nitrogen and oxygen atoms in total. The second-order valence-corrected chi connectivity index (χ2v) is 8.10. The fourth-order valence-electron chi connectivity index (χ4n) is 4.35. The average Bonchev–Trinajstić information content (AvgIpc) is 3.29. The number of carbonyl (C=O) groups is 2. The van der Waals surface area contributed by atoms with Crippen LogP contribution in [-0.4, -0.2) is 54.5 Å². The van der Waals surface area contributed by atoms with E-state index in [1.165, 1.54) is 5.56 Å². The first-order chi connectivity index (χ1) is 12.7. The predicted octanol–water partition coefficient (Wildman–Crippen LogP) is 2.76. The predicted molar refractivity (Wildman–Crippen MR) is 101 cm³/mol. The molecule has 1 aromatic rings. The molecular formula is C21H29N3O2. The van der Waals surface area contributed by atoms with Crippen LogP contribution < -0.4 is 5.32 Å². The summed E-state index contributed by atoms with van der Waals surface area (Å²) in [6, 6.07) is 10.7. The van der Waals surface area contributed by atoms with Gasteiger partial charge in [-0.15, -0.1) is 0 Å². The van der Waals surface area contributed by atoms with Crippen molar-refractivity contribution < 1.29 is 9.59 Å². The Kier molecular flexibility index (Phi) is 4.88. The average molecular weight is 355 g/mol. The minimum atomic E-state index is 0.0456. The van der Waals surface area contributed by atoms with E-state index < -0.39 is 0 Å². The summed E-state index contributed by atoms with van der Waals surface area (Å²) >= 11 is 0. The number of likely N-dealkylation sites (tertiary alicyclic amines) is 2. The maximum absolute atomic E-state index is 12.6. The Morgan fingerprint density at radius 3 is 2.19 bits per heavy atom. The summed E-state index contributed by atoms with van der Waals surface area (Å²) in [5.74, 6) is 0.213. The van der Waals surface area contributed by atoms with Crippen LogP contribution >= 0.6 is 0 Å². The van der Waals surface area contributed by atoms with Crippen LogP contribution in [0, 0.1) is 5.92 Å². The van der Waals surface area contributed by atoms with Crippen molar-refractivity contribution in [3.05, 3.63) is 35.9 Å². The first-order valence-corrected chi connectivity index (χ1v) is 10.1. The number of nitrogens with one attached hydrogen (secondary N) is 1. The zero-order valence-electron chi connectivity index (χ0n) is 15.5. The zero-order chi connectivity index (χ0) is 18.0. The van der Waals surface area contributed by atoms with E-state index in [0.29, 0.717) is 13.1 Å². The molecule has 1 aromatic carbocycles. The fraction of sp³-hybridized carbons (Fsp3) is 0.619. The number of benzene rings is 1. The number of urea groups is 1. The SMILES string of the molecule is O=C(NCC1(c2ccccc2)CC1)C1CCN(C(=O)N2CCCC2)CC1. The summed E-state index contributed by atoms with van der Waals surface area (Å²) in [5.41, 5.74) is 1.50. The molecule has 2 saturated heterocycles. The van der Waals surface area contributed by atoms with Crippen LogP contribution in [0.1, 0.15) is 44.1 Å². The molecule has 0 radical (unpaired) electrons. The monoisotopic (exact) mass is 355 g/mol. The van der Waals surface area contributed by atoms with Gasteiger partial charge in [-0.3, -0.25) is 4.79 Å². The molecule has 1 aliphatic carbocycles. The van der Waals surface area contributed by atoms with Crippen molar-refractivity contribution in [2.45, 2.75) is 43.9 Å². The Bertz CT molecular complexity index is 642. The van der Waals surface area contributed by atoms with Gasteiger partial charge in [0.25, 0.3) is 0 Å². The highest BCUT2D eigenvalue weighted by Gasteiger charge is 2.44. The highest BCUT2D eigenvalue weighted by Crippen LogP contribution is 2.47. The Labute approximate surface area is 155 Å². The van der Waals surface area contributed by atoms with Crippen LogP contribution in [0.3, 0.4) is 0 Å². The van der Waals surface area contributed by atoms with Gasteiger partial charge in [0.05, 0.1) is 0 Å². The van der Waals surface area contributed by atoms with E-state index in [-0.39, 0.29) is 23.3 Å². The lowest BCUT2D eigenvalue weighted by Crippen LogP contribution is -2.48. The smallest absolute Gasteiger partial charge is 0.319 e. The first kappa shape index (κ1) is 17.4. The summed E-state index contributed by atoms with van der Waals surface area (Å²) in [7, 11) is 0. The molecule has 0 atom stereocenters. The van der Waals surface area contributed by atoms with Gasteiger partial charge in [-0.1, -0.05) is 30.3 Å². The third kappa shape index (κ3) is 3.57. The lowest BCUT2D eigenvalue weighted by atomic mass is 9.93. The van der Waals surface area contributed by atoms with Crippen LogP contribution in [0.4, 0.5) is 4.79 Å². The van der Waals surface area contributed by atoms with E-state index in [1.807, 2.05) is 15.9 Å². The Morgan fingerprint density at radius 2 is 1.58 bits per heavy atom. The van der Waals surface area contributed by atoms with Gasteiger partial charge in [0.1, 0.15) is 0 Å². The molecule has 1 saturated carbocycles. The van der Waals surface area contributed by atoms with Crippen molar-refractivity contribution in [1.82, 2.24) is 15.1 Å². The molecule has 0 spiro atoms. The van der Waals surface area contributed by atoms with Crippen molar-refractivity contribution >= 4 is 11.9 Å². The molecule has 0 aromatic heterocycles. The van der Waals surface area contributed by atoms with Crippen molar-refractivity contribution in [3.63, 3.8) is 0 Å². The van der Waals surface area contributed by atoms with Crippen LogP contribution in [-0.2, 0) is 10.2 Å². The van der Waals surface area contributed by atoms with Gasteiger partial charge >= 0.3 is 6.03 Å². The number of hydrogen-bond acceptors (Lipinski definition) is 2. The molecule has 2 aliphatic heterocycles. The molecule has 26 heavy (non-hydrogen) atoms. The van der Waals surface area contributed by atoms with Crippen molar-refractivity contribution in [2.24, 2.45) is 5.92 Å². The normalized spacial score (nSPS) is 22.3. The Morgan fingerprint density at radius 1 is 0.962 bits per heavy atom. The number of nitrogens with zero attached hydrogens (tertiary/aromatic N) is 2. The third-order valence-electron chi connectivity index (χ3n) is 6.35. The summed E-state index contributed by atoms with van der Waals surface area (Å²) in [6.45, 7) is 3.93. The maximum atomic E-state index is 12.6. The lowest BCUT2D eigenvalue weighted by molar-refractivity contribution is -0.126. The topological polar surface area (TPSA) is 52.7 Å². The molecule has 140 valence electrons. The fourth-order valence-corrected chi connectivity index (χ4v) is 4.35. The Balaban J connectivity index is 1.25. The maximum Gasteiger partial charge on any atom is 0.319 e. The van der Waals surface area contributed by atoms with Crippen molar-refractivity contribution in [1.29, 1.82) is 0 Å². The minimum Gasteiger partial charge on any atom is -0.355 e. The quantitative estimate of drug-likeness (QED) is 0.903. The molecule has 3 fully saturated rings. The number of rotatable bonds is 4. The van der Waals surface area contributed by atoms with Gasteiger partial charge in [0.2, 0.25) is 5.91 Å². The molecule has 3 aliphatic rings. The molecule has 3 amide bonds. The lowest BCUT2D eigenvalue weighted by Gasteiger charge is -2.34. The van der Waals surface area contributed by atoms with E-state index in [1.54, 1.807) is 0 Å². The summed E-state index contributed by atoms with van der Waals surface area (Å²) in [4.78, 5) is 28.9. The van der Waals surface area contributed by atoms with Gasteiger partial charge < -0.3 is 15.1 Å². The van der Waals surface area contributed by atoms with E-state index in [0.717, 1.165) is 58.2 Å². The number of amides is 3. The van der Waals surface area contributed by atoms with Gasteiger partial charge in [0.15, 0.2) is 0 Å². The molecule has 1 N–H and O–H groups in total. The van der Waals surface area contributed by atoms with Crippen LogP contribution in [0.15, 0.2) is 30.3 Å². The number of hydrogen-bond donors (Lipinski definition) is 1. The van der Waals surface area contributed by atoms with Crippen LogP contribution in [0.25, 0.3) is 0 Å². The zero-order valence-corrected chi connectivity index (χ0v) is 15.5. The summed E-state index contributed by atoms with van der Waals surface area (Å²) < 4.78 is 0. The highest BCUT2D eigenvalue weighted by molar-refractivity contribution is 5.80. The van der Waals surface area contributed by atoms with Crippen molar-refractivity contribution in [2.75, 3.05) is 32.7 Å². The molecule has 5 heteroatoms. The van der Waals surface area contributed by atoms with Gasteiger partial charge in [0, 0.05) is 44.1 Å². The van der Waals surface area contributed by atoms with Crippen molar-refractivity contribution in [3.8, 4) is 0 Å². The Hall–Kier alpha value is -2.04. The van der Waals surface area contributed by atoms with Gasteiger partial charge in [-0.2, -0.15) is 0 Å². The molecule has 2 heterocycles. The second kappa shape index (κ2) is 7.29. The molecule has 0 unspecified atom stereocenters. The van der Waals surface area contributed by atoms with Crippen LogP contribution in [0.2, 0.25) is 0 Å².